The average Bonchev–Trinajstić information content (AvgIpc) is 2.60. The van der Waals surface area contributed by atoms with E-state index in [1.165, 1.54) is 4.31 Å². The Bertz CT molecular complexity index is 698. The minimum Gasteiger partial charge on any atom is -0.383 e. The molecule has 1 saturated heterocycles. The first-order chi connectivity index (χ1) is 11.9. The Kier molecular flexibility index (Phi) is 6.95. The maximum absolute atomic E-state index is 12.9. The molecule has 8 heteroatoms. The van der Waals surface area contributed by atoms with Crippen LogP contribution < -0.4 is 5.32 Å². The molecule has 1 heterocycles. The van der Waals surface area contributed by atoms with Crippen LogP contribution in [0.5, 0.6) is 0 Å². The second-order valence-electron chi connectivity index (χ2n) is 6.22. The highest BCUT2D eigenvalue weighted by molar-refractivity contribution is 7.89. The Balaban J connectivity index is 1.95. The number of carbonyl (C=O) groups is 1. The van der Waals surface area contributed by atoms with Crippen molar-refractivity contribution < 1.29 is 17.9 Å². The Morgan fingerprint density at radius 1 is 1.20 bits per heavy atom. The first-order valence-corrected chi connectivity index (χ1v) is 9.85. The summed E-state index contributed by atoms with van der Waals surface area (Å²) in [5.74, 6) is -0.0140. The molecule has 0 unspecified atom stereocenters. The Morgan fingerprint density at radius 3 is 2.52 bits per heavy atom. The third kappa shape index (κ3) is 5.01. The van der Waals surface area contributed by atoms with E-state index in [4.69, 9.17) is 4.74 Å². The molecule has 25 heavy (non-hydrogen) atoms. The van der Waals surface area contributed by atoms with E-state index in [-0.39, 0.29) is 12.5 Å². The molecule has 0 saturated carbocycles. The fourth-order valence-corrected chi connectivity index (χ4v) is 4.52. The topological polar surface area (TPSA) is 79.0 Å². The van der Waals surface area contributed by atoms with Crippen molar-refractivity contribution in [3.63, 3.8) is 0 Å². The number of ether oxygens (including phenoxy) is 1. The molecule has 1 N–H and O–H groups in total. The predicted molar refractivity (Wildman–Crippen MR) is 96.0 cm³/mol. The highest BCUT2D eigenvalue weighted by Crippen LogP contribution is 2.22. The van der Waals surface area contributed by atoms with Crippen LogP contribution in [0.1, 0.15) is 11.1 Å². The van der Waals surface area contributed by atoms with Gasteiger partial charge >= 0.3 is 0 Å². The second-order valence-corrected chi connectivity index (χ2v) is 8.13. The average molecular weight is 369 g/mol. The predicted octanol–water partition coefficient (Wildman–Crippen LogP) is 0.372. The summed E-state index contributed by atoms with van der Waals surface area (Å²) in [5.41, 5.74) is 1.66. The molecule has 140 valence electrons. The summed E-state index contributed by atoms with van der Waals surface area (Å²) in [7, 11) is -1.92. The maximum atomic E-state index is 12.9. The van der Waals surface area contributed by atoms with Gasteiger partial charge in [0.25, 0.3) is 0 Å². The van der Waals surface area contributed by atoms with E-state index in [0.717, 1.165) is 11.1 Å². The van der Waals surface area contributed by atoms with Crippen LogP contribution in [0.3, 0.4) is 0 Å². The Morgan fingerprint density at radius 2 is 1.88 bits per heavy atom. The molecule has 1 aliphatic rings. The number of aryl methyl sites for hydroxylation is 2. The van der Waals surface area contributed by atoms with Gasteiger partial charge in [0.05, 0.1) is 18.0 Å². The number of piperazine rings is 1. The third-order valence-corrected chi connectivity index (χ3v) is 6.35. The van der Waals surface area contributed by atoms with Crippen molar-refractivity contribution in [2.24, 2.45) is 0 Å². The molecule has 0 radical (unpaired) electrons. The zero-order valence-electron chi connectivity index (χ0n) is 15.1. The molecule has 1 aromatic rings. The minimum absolute atomic E-state index is 0.0140. The minimum atomic E-state index is -3.53. The largest absolute Gasteiger partial charge is 0.383 e. The number of methoxy groups -OCH3 is 1. The van der Waals surface area contributed by atoms with Gasteiger partial charge in [-0.2, -0.15) is 4.31 Å². The van der Waals surface area contributed by atoms with E-state index in [2.05, 4.69) is 5.32 Å². The van der Waals surface area contributed by atoms with E-state index >= 15 is 0 Å². The molecule has 7 nitrogen and oxygen atoms in total. The second kappa shape index (κ2) is 8.75. The molecule has 0 bridgehead atoms. The van der Waals surface area contributed by atoms with Crippen molar-refractivity contribution in [3.05, 3.63) is 29.3 Å². The molecule has 2 rings (SSSR count). The van der Waals surface area contributed by atoms with Gasteiger partial charge in [-0.3, -0.25) is 4.79 Å². The number of nitrogens with one attached hydrogen (secondary N) is 1. The number of amides is 1. The molecule has 1 amide bonds. The fourth-order valence-electron chi connectivity index (χ4n) is 2.78. The number of nitrogens with zero attached hydrogens (tertiary/aromatic N) is 2. The molecule has 0 aromatic heterocycles. The van der Waals surface area contributed by atoms with Gasteiger partial charge in [-0.15, -0.1) is 0 Å². The normalized spacial score (nSPS) is 16.2. The molecule has 0 aliphatic carbocycles. The van der Waals surface area contributed by atoms with Crippen LogP contribution in [-0.4, -0.2) is 76.5 Å². The Hall–Kier alpha value is -1.48. The van der Waals surface area contributed by atoms with Crippen LogP contribution in [-0.2, 0) is 19.6 Å². The highest BCUT2D eigenvalue weighted by atomic mass is 32.2. The lowest BCUT2D eigenvalue weighted by Crippen LogP contribution is -2.52. The van der Waals surface area contributed by atoms with Crippen LogP contribution >= 0.6 is 0 Å². The van der Waals surface area contributed by atoms with Gasteiger partial charge in [0.15, 0.2) is 0 Å². The number of rotatable bonds is 7. The van der Waals surface area contributed by atoms with E-state index < -0.39 is 10.0 Å². The number of benzene rings is 1. The quantitative estimate of drug-likeness (QED) is 0.703. The van der Waals surface area contributed by atoms with Gasteiger partial charge in [0, 0.05) is 39.8 Å². The van der Waals surface area contributed by atoms with Crippen molar-refractivity contribution in [1.29, 1.82) is 0 Å². The zero-order valence-corrected chi connectivity index (χ0v) is 15.9. The van der Waals surface area contributed by atoms with Gasteiger partial charge in [0.2, 0.25) is 15.9 Å². The van der Waals surface area contributed by atoms with Crippen molar-refractivity contribution in [1.82, 2.24) is 14.5 Å². The van der Waals surface area contributed by atoms with Gasteiger partial charge in [-0.25, -0.2) is 8.42 Å². The Labute approximate surface area is 150 Å². The number of hydrogen-bond donors (Lipinski definition) is 1. The van der Waals surface area contributed by atoms with E-state index in [9.17, 15) is 13.2 Å². The summed E-state index contributed by atoms with van der Waals surface area (Å²) in [4.78, 5) is 14.2. The van der Waals surface area contributed by atoms with Crippen LogP contribution in [0.2, 0.25) is 0 Å². The van der Waals surface area contributed by atoms with Crippen molar-refractivity contribution in [3.8, 4) is 0 Å². The smallest absolute Gasteiger partial charge is 0.243 e. The van der Waals surface area contributed by atoms with E-state index in [1.54, 1.807) is 25.0 Å². The lowest BCUT2D eigenvalue weighted by atomic mass is 10.2. The lowest BCUT2D eigenvalue weighted by molar-refractivity contribution is -0.131. The monoisotopic (exact) mass is 369 g/mol. The van der Waals surface area contributed by atoms with E-state index in [0.29, 0.717) is 44.2 Å². The summed E-state index contributed by atoms with van der Waals surface area (Å²) in [6, 6.07) is 5.44. The number of carbonyl (C=O) groups excluding carboxylic acids is 1. The van der Waals surface area contributed by atoms with Crippen LogP contribution in [0.25, 0.3) is 0 Å². The summed E-state index contributed by atoms with van der Waals surface area (Å²) in [6.45, 7) is 6.55. The van der Waals surface area contributed by atoms with Crippen molar-refractivity contribution in [2.75, 3.05) is 53.0 Å². The van der Waals surface area contributed by atoms with Crippen LogP contribution in [0, 0.1) is 13.8 Å². The van der Waals surface area contributed by atoms with Gasteiger partial charge in [-0.1, -0.05) is 12.1 Å². The maximum Gasteiger partial charge on any atom is 0.243 e. The van der Waals surface area contributed by atoms with Gasteiger partial charge < -0.3 is 15.0 Å². The SMILES string of the molecule is COCCNCC(=O)N1CCN(S(=O)(=O)c2cc(C)ccc2C)CC1. The first kappa shape index (κ1) is 19.8. The fraction of sp³-hybridized carbons (Fsp3) is 0.588. The molecule has 1 aromatic carbocycles. The highest BCUT2D eigenvalue weighted by Gasteiger charge is 2.30. The molecule has 1 aliphatic heterocycles. The van der Waals surface area contributed by atoms with Crippen molar-refractivity contribution >= 4 is 15.9 Å². The number of hydrogen-bond acceptors (Lipinski definition) is 5. The van der Waals surface area contributed by atoms with E-state index in [1.807, 2.05) is 19.1 Å². The lowest BCUT2D eigenvalue weighted by Gasteiger charge is -2.34. The first-order valence-electron chi connectivity index (χ1n) is 8.41. The third-order valence-electron chi connectivity index (χ3n) is 4.31. The van der Waals surface area contributed by atoms with Crippen molar-refractivity contribution in [2.45, 2.75) is 18.7 Å². The molecule has 0 atom stereocenters. The number of sulfonamides is 1. The molecular weight excluding hydrogens is 342 g/mol. The van der Waals surface area contributed by atoms with Gasteiger partial charge in [0.1, 0.15) is 0 Å². The summed E-state index contributed by atoms with van der Waals surface area (Å²) < 4.78 is 32.1. The molecular formula is C17H27N3O4S. The summed E-state index contributed by atoms with van der Waals surface area (Å²) in [6.07, 6.45) is 0. The van der Waals surface area contributed by atoms with Crippen LogP contribution in [0.4, 0.5) is 0 Å². The molecule has 0 spiro atoms. The molecule has 1 fully saturated rings. The zero-order chi connectivity index (χ0) is 18.4. The van der Waals surface area contributed by atoms with Crippen LogP contribution in [0.15, 0.2) is 23.1 Å². The summed E-state index contributed by atoms with van der Waals surface area (Å²) >= 11 is 0. The van der Waals surface area contributed by atoms with Gasteiger partial charge in [-0.05, 0) is 31.0 Å². The standard InChI is InChI=1S/C17H27N3O4S/c1-14-4-5-15(2)16(12-14)25(22,23)20-9-7-19(8-10-20)17(21)13-18-6-11-24-3/h4-5,12,18H,6-11,13H2,1-3H3. The summed E-state index contributed by atoms with van der Waals surface area (Å²) in [5, 5.41) is 3.02.